The van der Waals surface area contributed by atoms with Gasteiger partial charge in [-0.25, -0.2) is 0 Å². The van der Waals surface area contributed by atoms with Gasteiger partial charge in [-0.3, -0.25) is 0 Å². The van der Waals surface area contributed by atoms with Gasteiger partial charge in [0.15, 0.2) is 11.5 Å². The van der Waals surface area contributed by atoms with Crippen LogP contribution >= 0.6 is 0 Å². The van der Waals surface area contributed by atoms with Crippen molar-refractivity contribution in [3.63, 3.8) is 0 Å². The first-order chi connectivity index (χ1) is 8.74. The number of aryl methyl sites for hydroxylation is 1. The second kappa shape index (κ2) is 6.10. The molecule has 1 aromatic carbocycles. The van der Waals surface area contributed by atoms with Crippen LogP contribution in [-0.4, -0.2) is 27.3 Å². The van der Waals surface area contributed by atoms with Gasteiger partial charge < -0.3 is 14.8 Å². The number of hydrogen-bond acceptors (Lipinski definition) is 3. The lowest BCUT2D eigenvalue weighted by Crippen LogP contribution is -2.31. The van der Waals surface area contributed by atoms with Gasteiger partial charge in [0.1, 0.15) is 0 Å². The van der Waals surface area contributed by atoms with E-state index in [0.717, 1.165) is 30.4 Å². The summed E-state index contributed by atoms with van der Waals surface area (Å²) < 4.78 is 10.7. The number of ether oxygens (including phenoxy) is 2. The molecule has 0 amide bonds. The summed E-state index contributed by atoms with van der Waals surface area (Å²) in [5.41, 5.74) is 2.67. The quantitative estimate of drug-likeness (QED) is 0.889. The molecule has 18 heavy (non-hydrogen) atoms. The average Bonchev–Trinajstić information content (AvgIpc) is 2.41. The van der Waals surface area contributed by atoms with Crippen molar-refractivity contribution in [2.75, 3.05) is 27.3 Å². The molecule has 1 aliphatic rings. The normalized spacial score (nSPS) is 19.6. The van der Waals surface area contributed by atoms with Crippen molar-refractivity contribution < 1.29 is 9.47 Å². The second-order valence-corrected chi connectivity index (χ2v) is 5.05. The molecule has 1 heterocycles. The van der Waals surface area contributed by atoms with Crippen LogP contribution in [0.1, 0.15) is 24.0 Å². The lowest BCUT2D eigenvalue weighted by atomic mass is 9.90. The van der Waals surface area contributed by atoms with Gasteiger partial charge in [-0.05, 0) is 68.5 Å². The summed E-state index contributed by atoms with van der Waals surface area (Å²) in [4.78, 5) is 0. The molecule has 0 radical (unpaired) electrons. The highest BCUT2D eigenvalue weighted by molar-refractivity contribution is 5.47. The van der Waals surface area contributed by atoms with Crippen LogP contribution in [-0.2, 0) is 6.42 Å². The maximum atomic E-state index is 5.38. The molecule has 0 spiro atoms. The fraction of sp³-hybridized carbons (Fsp3) is 0.600. The molecule has 1 aromatic rings. The molecule has 1 aliphatic heterocycles. The van der Waals surface area contributed by atoms with Crippen LogP contribution in [0, 0.1) is 12.8 Å². The largest absolute Gasteiger partial charge is 0.493 e. The van der Waals surface area contributed by atoms with Crippen molar-refractivity contribution in [2.24, 2.45) is 5.92 Å². The smallest absolute Gasteiger partial charge is 0.161 e. The zero-order valence-corrected chi connectivity index (χ0v) is 11.6. The van der Waals surface area contributed by atoms with Gasteiger partial charge in [0.25, 0.3) is 0 Å². The fourth-order valence-corrected chi connectivity index (χ4v) is 2.65. The van der Waals surface area contributed by atoms with E-state index < -0.39 is 0 Å². The Balaban J connectivity index is 2.16. The van der Waals surface area contributed by atoms with E-state index in [1.165, 1.54) is 30.5 Å². The van der Waals surface area contributed by atoms with E-state index in [0.29, 0.717) is 0 Å². The summed E-state index contributed by atoms with van der Waals surface area (Å²) in [5, 5.41) is 3.47. The molecule has 1 saturated heterocycles. The van der Waals surface area contributed by atoms with E-state index >= 15 is 0 Å². The van der Waals surface area contributed by atoms with E-state index in [2.05, 4.69) is 24.4 Å². The maximum Gasteiger partial charge on any atom is 0.161 e. The Morgan fingerprint density at radius 2 is 1.94 bits per heavy atom. The molecule has 0 bridgehead atoms. The predicted octanol–water partition coefficient (Wildman–Crippen LogP) is 2.55. The fourth-order valence-electron chi connectivity index (χ4n) is 2.65. The van der Waals surface area contributed by atoms with Gasteiger partial charge in [0.05, 0.1) is 14.2 Å². The van der Waals surface area contributed by atoms with Crippen molar-refractivity contribution in [3.05, 3.63) is 23.3 Å². The Morgan fingerprint density at radius 1 is 1.22 bits per heavy atom. The van der Waals surface area contributed by atoms with Crippen LogP contribution < -0.4 is 14.8 Å². The molecule has 3 heteroatoms. The summed E-state index contributed by atoms with van der Waals surface area (Å²) in [6.45, 7) is 4.45. The number of hydrogen-bond donors (Lipinski definition) is 1. The molecule has 3 nitrogen and oxygen atoms in total. The number of benzene rings is 1. The van der Waals surface area contributed by atoms with Gasteiger partial charge >= 0.3 is 0 Å². The lowest BCUT2D eigenvalue weighted by molar-refractivity contribution is 0.351. The SMILES string of the molecule is COc1cc(C)c(CC2CCCNC2)cc1OC. The Hall–Kier alpha value is -1.22. The highest BCUT2D eigenvalue weighted by atomic mass is 16.5. The standard InChI is InChI=1S/C15H23NO2/c1-11-7-14(17-2)15(18-3)9-13(11)8-12-5-4-6-16-10-12/h7,9,12,16H,4-6,8,10H2,1-3H3. The summed E-state index contributed by atoms with van der Waals surface area (Å²) >= 11 is 0. The number of rotatable bonds is 4. The summed E-state index contributed by atoms with van der Waals surface area (Å²) in [7, 11) is 3.38. The molecular formula is C15H23NO2. The van der Waals surface area contributed by atoms with Crippen LogP contribution in [0.25, 0.3) is 0 Å². The lowest BCUT2D eigenvalue weighted by Gasteiger charge is -2.24. The molecule has 1 atom stereocenters. The minimum absolute atomic E-state index is 0.746. The van der Waals surface area contributed by atoms with Crippen LogP contribution in [0.4, 0.5) is 0 Å². The Kier molecular flexibility index (Phi) is 4.48. The van der Waals surface area contributed by atoms with E-state index in [4.69, 9.17) is 9.47 Å². The number of methoxy groups -OCH3 is 2. The van der Waals surface area contributed by atoms with Crippen molar-refractivity contribution in [3.8, 4) is 11.5 Å². The predicted molar refractivity (Wildman–Crippen MR) is 73.6 cm³/mol. The van der Waals surface area contributed by atoms with Crippen LogP contribution in [0.5, 0.6) is 11.5 Å². The topological polar surface area (TPSA) is 30.5 Å². The van der Waals surface area contributed by atoms with E-state index in [1.807, 2.05) is 0 Å². The van der Waals surface area contributed by atoms with Gasteiger partial charge in [0, 0.05) is 0 Å². The third-order valence-corrected chi connectivity index (χ3v) is 3.75. The number of nitrogens with one attached hydrogen (secondary N) is 1. The molecule has 1 unspecified atom stereocenters. The van der Waals surface area contributed by atoms with Gasteiger partial charge in [-0.1, -0.05) is 0 Å². The first-order valence-electron chi connectivity index (χ1n) is 6.66. The zero-order valence-electron chi connectivity index (χ0n) is 11.6. The van der Waals surface area contributed by atoms with E-state index in [-0.39, 0.29) is 0 Å². The van der Waals surface area contributed by atoms with Crippen molar-refractivity contribution in [1.82, 2.24) is 5.32 Å². The molecule has 1 fully saturated rings. The minimum Gasteiger partial charge on any atom is -0.493 e. The van der Waals surface area contributed by atoms with Crippen molar-refractivity contribution in [1.29, 1.82) is 0 Å². The summed E-state index contributed by atoms with van der Waals surface area (Å²) in [6.07, 6.45) is 3.73. The highest BCUT2D eigenvalue weighted by Gasteiger charge is 2.16. The van der Waals surface area contributed by atoms with Crippen LogP contribution in [0.15, 0.2) is 12.1 Å². The Bertz CT molecular complexity index is 398. The summed E-state index contributed by atoms with van der Waals surface area (Å²) in [6, 6.07) is 4.20. The minimum atomic E-state index is 0.746. The third-order valence-electron chi connectivity index (χ3n) is 3.75. The maximum absolute atomic E-state index is 5.38. The average molecular weight is 249 g/mol. The first kappa shape index (κ1) is 13.2. The molecule has 100 valence electrons. The first-order valence-corrected chi connectivity index (χ1v) is 6.66. The monoisotopic (exact) mass is 249 g/mol. The van der Waals surface area contributed by atoms with Crippen LogP contribution in [0.2, 0.25) is 0 Å². The molecule has 1 N–H and O–H groups in total. The van der Waals surface area contributed by atoms with Crippen LogP contribution in [0.3, 0.4) is 0 Å². The van der Waals surface area contributed by atoms with Crippen molar-refractivity contribution in [2.45, 2.75) is 26.2 Å². The van der Waals surface area contributed by atoms with E-state index in [1.54, 1.807) is 14.2 Å². The zero-order chi connectivity index (χ0) is 13.0. The molecule has 2 rings (SSSR count). The second-order valence-electron chi connectivity index (χ2n) is 5.05. The van der Waals surface area contributed by atoms with Gasteiger partial charge in [-0.2, -0.15) is 0 Å². The van der Waals surface area contributed by atoms with Crippen molar-refractivity contribution >= 4 is 0 Å². The molecule has 0 aliphatic carbocycles. The molecule has 0 saturated carbocycles. The third kappa shape index (κ3) is 2.96. The molecular weight excluding hydrogens is 226 g/mol. The molecule has 0 aromatic heterocycles. The highest BCUT2D eigenvalue weighted by Crippen LogP contribution is 2.31. The van der Waals surface area contributed by atoms with Gasteiger partial charge in [0.2, 0.25) is 0 Å². The number of piperidine rings is 1. The van der Waals surface area contributed by atoms with E-state index in [9.17, 15) is 0 Å². The Labute approximate surface area is 109 Å². The van der Waals surface area contributed by atoms with Gasteiger partial charge in [-0.15, -0.1) is 0 Å². The summed E-state index contributed by atoms with van der Waals surface area (Å²) in [5.74, 6) is 2.40. The Morgan fingerprint density at radius 3 is 2.56 bits per heavy atom.